The monoisotopic (exact) mass is 915 g/mol. The number of benzene rings is 3. The largest absolute Gasteiger partial charge is 0.453 e. The molecule has 3 aromatic carbocycles. The number of carbonyl (C=O) groups is 2. The highest BCUT2D eigenvalue weighted by atomic mass is 32.2. The first kappa shape index (κ1) is 44.0. The van der Waals surface area contributed by atoms with Crippen LogP contribution in [0.5, 0.6) is 11.5 Å². The summed E-state index contributed by atoms with van der Waals surface area (Å²) in [5.41, 5.74) is 0.624. The Labute approximate surface area is 372 Å². The number of nitrogens with zero attached hydrogens (tertiary/aromatic N) is 9. The summed E-state index contributed by atoms with van der Waals surface area (Å²) in [4.78, 5) is 48.6. The quantitative estimate of drug-likeness (QED) is 0.215. The Balaban J connectivity index is 0.849. The molecule has 19 nitrogen and oxygen atoms in total. The molecule has 1 atom stereocenters. The molecule has 0 radical (unpaired) electrons. The van der Waals surface area contributed by atoms with Gasteiger partial charge < -0.3 is 19.1 Å². The predicted molar refractivity (Wildman–Crippen MR) is 234 cm³/mol. The van der Waals surface area contributed by atoms with E-state index in [1.54, 1.807) is 28.4 Å². The summed E-state index contributed by atoms with van der Waals surface area (Å²) in [7, 11) is -2.34. The van der Waals surface area contributed by atoms with Crippen molar-refractivity contribution in [3.05, 3.63) is 76.3 Å². The minimum atomic E-state index is -4.08. The van der Waals surface area contributed by atoms with Crippen molar-refractivity contribution in [2.45, 2.75) is 44.2 Å². The highest BCUT2D eigenvalue weighted by Gasteiger charge is 2.32. The molecule has 342 valence electrons. The highest BCUT2D eigenvalue weighted by molar-refractivity contribution is 7.90. The molecule has 4 fully saturated rings. The number of rotatable bonds is 9. The van der Waals surface area contributed by atoms with Gasteiger partial charge in [-0.25, -0.2) is 18.6 Å². The number of fused-ring (bicyclic) bond motifs is 2. The number of nitriles is 1. The van der Waals surface area contributed by atoms with E-state index in [9.17, 15) is 28.1 Å². The van der Waals surface area contributed by atoms with E-state index >= 15 is 8.78 Å². The number of nitrogens with one attached hydrogen (secondary N) is 2. The number of carbonyl (C=O) groups excluding carboxylic acids is 2. The Morgan fingerprint density at radius 3 is 2.45 bits per heavy atom. The molecule has 0 saturated carbocycles. The number of anilines is 3. The van der Waals surface area contributed by atoms with Gasteiger partial charge in [-0.1, -0.05) is 0 Å². The minimum Gasteiger partial charge on any atom is -0.453 e. The first-order chi connectivity index (χ1) is 31.4. The molecular weight excluding hydrogens is 869 g/mol. The molecule has 0 aliphatic carbocycles. The van der Waals surface area contributed by atoms with E-state index in [4.69, 9.17) is 14.2 Å². The van der Waals surface area contributed by atoms with Gasteiger partial charge >= 0.3 is 16.2 Å². The lowest BCUT2D eigenvalue weighted by atomic mass is 10.0. The second kappa shape index (κ2) is 18.3. The lowest BCUT2D eigenvalue weighted by Crippen LogP contribution is -2.49. The molecule has 5 aromatic rings. The summed E-state index contributed by atoms with van der Waals surface area (Å²) in [5.74, 6) is -1.83. The first-order valence-electron chi connectivity index (χ1n) is 21.5. The number of amides is 3. The first-order valence-corrected chi connectivity index (χ1v) is 22.9. The minimum absolute atomic E-state index is 0.0440. The molecule has 6 heterocycles. The van der Waals surface area contributed by atoms with E-state index in [0.29, 0.717) is 60.6 Å². The maximum atomic E-state index is 15.8. The Morgan fingerprint density at radius 1 is 0.892 bits per heavy atom. The van der Waals surface area contributed by atoms with Crippen molar-refractivity contribution in [3.63, 3.8) is 0 Å². The molecule has 2 aromatic heterocycles. The van der Waals surface area contributed by atoms with E-state index in [0.717, 1.165) is 37.9 Å². The number of morpholine rings is 1. The van der Waals surface area contributed by atoms with E-state index in [1.807, 2.05) is 11.0 Å². The van der Waals surface area contributed by atoms with E-state index in [1.165, 1.54) is 33.7 Å². The van der Waals surface area contributed by atoms with Crippen LogP contribution in [0.25, 0.3) is 21.8 Å². The third-order valence-electron chi connectivity index (χ3n) is 12.5. The van der Waals surface area contributed by atoms with Gasteiger partial charge in [-0.15, -0.1) is 0 Å². The number of hydrogen-bond donors (Lipinski definition) is 2. The van der Waals surface area contributed by atoms with E-state index in [-0.39, 0.29) is 91.8 Å². The van der Waals surface area contributed by atoms with Crippen molar-refractivity contribution in [1.82, 2.24) is 33.9 Å². The number of aryl methyl sites for hydroxylation is 1. The Kier molecular flexibility index (Phi) is 12.4. The molecule has 3 amide bonds. The number of aromatic nitrogens is 4. The van der Waals surface area contributed by atoms with Crippen molar-refractivity contribution >= 4 is 61.1 Å². The fraction of sp³-hybridized carbons (Fsp3) is 0.442. The smallest absolute Gasteiger partial charge is 0.329 e. The van der Waals surface area contributed by atoms with Crippen LogP contribution in [-0.4, -0.2) is 127 Å². The molecule has 9 rings (SSSR count). The second-order valence-corrected chi connectivity index (χ2v) is 18.1. The number of imide groups is 1. The Bertz CT molecular complexity index is 2870. The molecule has 2 N–H and O–H groups in total. The molecule has 0 spiro atoms. The van der Waals surface area contributed by atoms with Gasteiger partial charge in [0.15, 0.2) is 17.4 Å². The van der Waals surface area contributed by atoms with Crippen LogP contribution in [0.1, 0.15) is 43.7 Å². The predicted octanol–water partition coefficient (Wildman–Crippen LogP) is 3.98. The average molecular weight is 916 g/mol. The van der Waals surface area contributed by atoms with Crippen molar-refractivity contribution in [2.75, 3.05) is 86.8 Å². The van der Waals surface area contributed by atoms with Crippen LogP contribution < -0.4 is 30.1 Å². The van der Waals surface area contributed by atoms with Gasteiger partial charge in [0.25, 0.3) is 5.56 Å². The number of urea groups is 1. The number of hydrogen-bond acceptors (Lipinski definition) is 13. The van der Waals surface area contributed by atoms with Crippen LogP contribution in [0.15, 0.2) is 53.6 Å². The Hall–Kier alpha value is -6.25. The lowest BCUT2D eigenvalue weighted by Gasteiger charge is -2.39. The second-order valence-electron chi connectivity index (χ2n) is 16.4. The maximum Gasteiger partial charge on any atom is 0.329 e. The molecule has 22 heteroatoms. The zero-order valence-electron chi connectivity index (χ0n) is 35.5. The average Bonchev–Trinajstić information content (AvgIpc) is 3.67. The molecule has 65 heavy (non-hydrogen) atoms. The fourth-order valence-electron chi connectivity index (χ4n) is 9.04. The number of halogens is 2. The molecule has 4 aliphatic heterocycles. The van der Waals surface area contributed by atoms with Crippen molar-refractivity contribution < 1.29 is 41.0 Å². The van der Waals surface area contributed by atoms with Crippen LogP contribution in [0, 0.1) is 23.0 Å². The fourth-order valence-corrected chi connectivity index (χ4v) is 10.2. The molecule has 4 saturated heterocycles. The third kappa shape index (κ3) is 8.93. The van der Waals surface area contributed by atoms with Crippen LogP contribution in [-0.2, 0) is 31.5 Å². The summed E-state index contributed by atoms with van der Waals surface area (Å²) >= 11 is 0. The van der Waals surface area contributed by atoms with Gasteiger partial charge in [-0.05, 0) is 74.7 Å². The zero-order chi connectivity index (χ0) is 45.4. The van der Waals surface area contributed by atoms with Crippen molar-refractivity contribution in [2.24, 2.45) is 7.05 Å². The van der Waals surface area contributed by atoms with E-state index < -0.39 is 33.6 Å². The highest BCUT2D eigenvalue weighted by Crippen LogP contribution is 2.36. The number of ether oxygens (including phenoxy) is 3. The standard InChI is InChI=1S/C43H47F2N11O8S/c1-51-37-23-38(34(45)22-31(37)41(49-51)55-14-10-39(57)48-43(55)59)53-12-8-27(9-13-53)52-11-2-3-28(25-63-18-15-52)56-26-47-35-6-4-29(21-30(35)42(56)58)64-40-32(24-46)36(7-5-33(40)44)50-65(60,61)54-16-19-62-20-17-54/h4-7,21-23,26-28,50H,2-3,8-20,25H2,1H3,(H,48,57,59)/t28-/m1/s1. The van der Waals surface area contributed by atoms with Gasteiger partial charge in [0.1, 0.15) is 23.2 Å². The zero-order valence-corrected chi connectivity index (χ0v) is 36.4. The summed E-state index contributed by atoms with van der Waals surface area (Å²) in [6, 6.07) is 11.0. The Morgan fingerprint density at radius 2 is 1.68 bits per heavy atom. The summed E-state index contributed by atoms with van der Waals surface area (Å²) in [6.07, 6.45) is 4.61. The van der Waals surface area contributed by atoms with Crippen LogP contribution in [0.4, 0.5) is 30.8 Å². The third-order valence-corrected chi connectivity index (χ3v) is 14.0. The van der Waals surface area contributed by atoms with Gasteiger partial charge in [-0.2, -0.15) is 23.1 Å². The maximum absolute atomic E-state index is 15.8. The summed E-state index contributed by atoms with van der Waals surface area (Å²) in [5, 5.41) is 17.5. The van der Waals surface area contributed by atoms with E-state index in [2.05, 4.69) is 25.0 Å². The molecule has 4 aliphatic rings. The van der Waals surface area contributed by atoms with Crippen molar-refractivity contribution in [3.8, 4) is 17.6 Å². The molecular formula is C43H47F2N11O8S. The summed E-state index contributed by atoms with van der Waals surface area (Å²) < 4.78 is 81.1. The van der Waals surface area contributed by atoms with Crippen LogP contribution in [0.2, 0.25) is 0 Å². The SMILES string of the molecule is Cn1nc(N2CCC(=O)NC2=O)c2cc(F)c(N3CCC(N4CCC[C@@H](n5cnc6ccc(Oc7c(F)ccc(NS(=O)(=O)N8CCOCC8)c7C#N)cc6c5=O)COCC4)CC3)cc21. The van der Waals surface area contributed by atoms with Crippen LogP contribution >= 0.6 is 0 Å². The normalized spacial score (nSPS) is 20.0. The lowest BCUT2D eigenvalue weighted by molar-refractivity contribution is -0.120. The van der Waals surface area contributed by atoms with Gasteiger partial charge in [0.05, 0.1) is 66.6 Å². The van der Waals surface area contributed by atoms with Crippen LogP contribution in [0.3, 0.4) is 0 Å². The van der Waals surface area contributed by atoms with Crippen molar-refractivity contribution in [1.29, 1.82) is 5.26 Å². The molecule has 0 unspecified atom stereocenters. The van der Waals surface area contributed by atoms with Gasteiger partial charge in [-0.3, -0.25) is 38.7 Å². The topological polar surface area (TPSA) is 209 Å². The van der Waals surface area contributed by atoms with Gasteiger partial charge in [0, 0.05) is 64.2 Å². The summed E-state index contributed by atoms with van der Waals surface area (Å²) in [6.45, 7) is 4.25. The number of piperidine rings is 1. The van der Waals surface area contributed by atoms with Gasteiger partial charge in [0.2, 0.25) is 5.91 Å². The molecule has 0 bridgehead atoms.